The Morgan fingerprint density at radius 3 is 2.56 bits per heavy atom. The molecule has 0 aliphatic heterocycles. The van der Waals surface area contributed by atoms with Gasteiger partial charge in [-0.25, -0.2) is 0 Å². The molecule has 0 radical (unpaired) electrons. The molecule has 86 valence electrons. The second kappa shape index (κ2) is 4.38. The predicted molar refractivity (Wildman–Crippen MR) is 63.4 cm³/mol. The van der Waals surface area contributed by atoms with Crippen LogP contribution in [0.3, 0.4) is 0 Å². The van der Waals surface area contributed by atoms with Crippen LogP contribution in [0.5, 0.6) is 0 Å². The first-order valence-electron chi connectivity index (χ1n) is 5.96. The summed E-state index contributed by atoms with van der Waals surface area (Å²) in [5.41, 5.74) is 0.889. The van der Waals surface area contributed by atoms with Gasteiger partial charge in [-0.1, -0.05) is 37.5 Å². The molecule has 1 fully saturated rings. The number of Topliss-reactive ketones (excluding diaryl/α,β-unsaturated/α-hetero) is 1. The van der Waals surface area contributed by atoms with E-state index in [1.165, 1.54) is 6.42 Å². The lowest BCUT2D eigenvalue weighted by molar-refractivity contribution is -0.000653. The van der Waals surface area contributed by atoms with Gasteiger partial charge in [0.1, 0.15) is 0 Å². The Hall–Kier alpha value is -1.15. The van der Waals surface area contributed by atoms with E-state index >= 15 is 0 Å². The van der Waals surface area contributed by atoms with Crippen molar-refractivity contribution in [1.29, 1.82) is 0 Å². The molecule has 0 bridgehead atoms. The molecule has 0 spiro atoms. The van der Waals surface area contributed by atoms with E-state index in [0.717, 1.165) is 31.2 Å². The minimum absolute atomic E-state index is 0.0567. The molecule has 1 saturated carbocycles. The van der Waals surface area contributed by atoms with Crippen LogP contribution in [0.15, 0.2) is 24.3 Å². The van der Waals surface area contributed by atoms with E-state index in [9.17, 15) is 9.90 Å². The van der Waals surface area contributed by atoms with Crippen LogP contribution >= 0.6 is 0 Å². The molecule has 0 atom stereocenters. The predicted octanol–water partition coefficient (Wildman–Crippen LogP) is 3.04. The van der Waals surface area contributed by atoms with E-state index in [4.69, 9.17) is 0 Å². The molecule has 2 heteroatoms. The Morgan fingerprint density at radius 1 is 1.25 bits per heavy atom. The molecule has 0 saturated heterocycles. The van der Waals surface area contributed by atoms with Gasteiger partial charge in [-0.05, 0) is 31.4 Å². The summed E-state index contributed by atoms with van der Waals surface area (Å²) in [7, 11) is 0. The van der Waals surface area contributed by atoms with Crippen molar-refractivity contribution in [2.75, 3.05) is 0 Å². The highest BCUT2D eigenvalue weighted by atomic mass is 16.3. The Labute approximate surface area is 96.3 Å². The lowest BCUT2D eigenvalue weighted by Gasteiger charge is -2.32. The largest absolute Gasteiger partial charge is 0.385 e. The lowest BCUT2D eigenvalue weighted by Crippen LogP contribution is -2.28. The molecule has 1 aromatic carbocycles. The summed E-state index contributed by atoms with van der Waals surface area (Å²) in [6.07, 6.45) is 4.97. The Balaban J connectivity index is 2.31. The first kappa shape index (κ1) is 11.3. The Morgan fingerprint density at radius 2 is 1.94 bits per heavy atom. The fourth-order valence-corrected chi connectivity index (χ4v) is 2.45. The van der Waals surface area contributed by atoms with Gasteiger partial charge in [0.05, 0.1) is 5.60 Å². The molecule has 0 amide bonds. The van der Waals surface area contributed by atoms with E-state index in [-0.39, 0.29) is 5.78 Å². The zero-order valence-corrected chi connectivity index (χ0v) is 9.70. The molecular formula is C14H18O2. The van der Waals surface area contributed by atoms with Crippen LogP contribution in [0, 0.1) is 0 Å². The van der Waals surface area contributed by atoms with E-state index in [1.807, 2.05) is 18.2 Å². The van der Waals surface area contributed by atoms with Gasteiger partial charge in [-0.3, -0.25) is 4.79 Å². The van der Waals surface area contributed by atoms with E-state index in [2.05, 4.69) is 0 Å². The molecule has 1 aliphatic rings. The number of carbonyl (C=O) groups is 1. The van der Waals surface area contributed by atoms with Crippen LogP contribution in [0.2, 0.25) is 0 Å². The second-order valence-corrected chi connectivity index (χ2v) is 4.73. The average Bonchev–Trinajstić information content (AvgIpc) is 2.30. The molecule has 1 aromatic rings. The van der Waals surface area contributed by atoms with Gasteiger partial charge in [-0.2, -0.15) is 0 Å². The normalized spacial score (nSPS) is 19.4. The van der Waals surface area contributed by atoms with Crippen LogP contribution in [0.25, 0.3) is 0 Å². The topological polar surface area (TPSA) is 37.3 Å². The molecule has 16 heavy (non-hydrogen) atoms. The molecule has 2 rings (SSSR count). The third-order valence-electron chi connectivity index (χ3n) is 3.49. The zero-order valence-electron chi connectivity index (χ0n) is 9.70. The number of rotatable bonds is 2. The van der Waals surface area contributed by atoms with Crippen LogP contribution in [-0.2, 0) is 5.60 Å². The number of benzene rings is 1. The molecule has 0 unspecified atom stereocenters. The molecule has 2 nitrogen and oxygen atoms in total. The SMILES string of the molecule is CC(=O)c1cccc(C2(O)CCCCC2)c1. The van der Waals surface area contributed by atoms with Gasteiger partial charge in [0.25, 0.3) is 0 Å². The molecule has 1 aliphatic carbocycles. The van der Waals surface area contributed by atoms with Gasteiger partial charge in [-0.15, -0.1) is 0 Å². The maximum Gasteiger partial charge on any atom is 0.159 e. The number of carbonyl (C=O) groups excluding carboxylic acids is 1. The lowest BCUT2D eigenvalue weighted by atomic mass is 9.79. The minimum Gasteiger partial charge on any atom is -0.385 e. The zero-order chi connectivity index (χ0) is 11.6. The molecule has 1 N–H and O–H groups in total. The van der Waals surface area contributed by atoms with Crippen LogP contribution in [0.4, 0.5) is 0 Å². The summed E-state index contributed by atoms with van der Waals surface area (Å²) >= 11 is 0. The number of hydrogen-bond donors (Lipinski definition) is 1. The summed E-state index contributed by atoms with van der Waals surface area (Å²) in [6.45, 7) is 1.56. The highest BCUT2D eigenvalue weighted by Gasteiger charge is 2.31. The quantitative estimate of drug-likeness (QED) is 0.775. The molecule has 0 heterocycles. The van der Waals surface area contributed by atoms with Crippen LogP contribution in [-0.4, -0.2) is 10.9 Å². The van der Waals surface area contributed by atoms with Crippen molar-refractivity contribution in [3.8, 4) is 0 Å². The third-order valence-corrected chi connectivity index (χ3v) is 3.49. The van der Waals surface area contributed by atoms with E-state index in [1.54, 1.807) is 13.0 Å². The van der Waals surface area contributed by atoms with Crippen molar-refractivity contribution >= 4 is 5.78 Å². The first-order valence-corrected chi connectivity index (χ1v) is 5.96. The summed E-state index contributed by atoms with van der Waals surface area (Å²) in [4.78, 5) is 11.3. The van der Waals surface area contributed by atoms with Crippen molar-refractivity contribution in [2.45, 2.75) is 44.6 Å². The Kier molecular flexibility index (Phi) is 3.10. The van der Waals surface area contributed by atoms with Crippen molar-refractivity contribution in [2.24, 2.45) is 0 Å². The Bertz CT molecular complexity index is 389. The summed E-state index contributed by atoms with van der Waals surface area (Å²) in [6, 6.07) is 7.43. The van der Waals surface area contributed by atoms with E-state index < -0.39 is 5.60 Å². The average molecular weight is 218 g/mol. The van der Waals surface area contributed by atoms with Gasteiger partial charge < -0.3 is 5.11 Å². The van der Waals surface area contributed by atoms with Gasteiger partial charge >= 0.3 is 0 Å². The maximum atomic E-state index is 11.3. The number of aliphatic hydroxyl groups is 1. The molecular weight excluding hydrogens is 200 g/mol. The molecule has 0 aromatic heterocycles. The second-order valence-electron chi connectivity index (χ2n) is 4.73. The highest BCUT2D eigenvalue weighted by Crippen LogP contribution is 2.37. The van der Waals surface area contributed by atoms with Crippen molar-refractivity contribution < 1.29 is 9.90 Å². The summed E-state index contributed by atoms with van der Waals surface area (Å²) in [5.74, 6) is 0.0567. The first-order chi connectivity index (χ1) is 7.62. The third kappa shape index (κ3) is 2.17. The van der Waals surface area contributed by atoms with Gasteiger partial charge in [0, 0.05) is 5.56 Å². The highest BCUT2D eigenvalue weighted by molar-refractivity contribution is 5.94. The van der Waals surface area contributed by atoms with Crippen LogP contribution < -0.4 is 0 Å². The van der Waals surface area contributed by atoms with Crippen molar-refractivity contribution in [1.82, 2.24) is 0 Å². The standard InChI is InChI=1S/C14H18O2/c1-11(15)12-6-5-7-13(10-12)14(16)8-3-2-4-9-14/h5-7,10,16H,2-4,8-9H2,1H3. The fourth-order valence-electron chi connectivity index (χ4n) is 2.45. The number of hydrogen-bond acceptors (Lipinski definition) is 2. The fraction of sp³-hybridized carbons (Fsp3) is 0.500. The summed E-state index contributed by atoms with van der Waals surface area (Å²) in [5, 5.41) is 10.5. The van der Waals surface area contributed by atoms with Gasteiger partial charge in [0.2, 0.25) is 0 Å². The number of ketones is 1. The van der Waals surface area contributed by atoms with E-state index in [0.29, 0.717) is 5.56 Å². The van der Waals surface area contributed by atoms with Crippen molar-refractivity contribution in [3.05, 3.63) is 35.4 Å². The van der Waals surface area contributed by atoms with Gasteiger partial charge in [0.15, 0.2) is 5.78 Å². The van der Waals surface area contributed by atoms with Crippen molar-refractivity contribution in [3.63, 3.8) is 0 Å². The summed E-state index contributed by atoms with van der Waals surface area (Å²) < 4.78 is 0. The minimum atomic E-state index is -0.705. The van der Waals surface area contributed by atoms with Crippen LogP contribution in [0.1, 0.15) is 54.9 Å². The smallest absolute Gasteiger partial charge is 0.159 e. The monoisotopic (exact) mass is 218 g/mol. The maximum absolute atomic E-state index is 11.3.